The Morgan fingerprint density at radius 2 is 2.00 bits per heavy atom. The van der Waals surface area contributed by atoms with Gasteiger partial charge in [-0.2, -0.15) is 0 Å². The Morgan fingerprint density at radius 3 is 2.65 bits per heavy atom. The zero-order valence-electron chi connectivity index (χ0n) is 13.5. The Balaban J connectivity index is 1.83. The molecule has 1 aliphatic rings. The molecule has 0 atom stereocenters. The summed E-state index contributed by atoms with van der Waals surface area (Å²) in [5, 5.41) is 3.68. The Bertz CT molecular complexity index is 915. The highest BCUT2D eigenvalue weighted by Crippen LogP contribution is 2.32. The van der Waals surface area contributed by atoms with Crippen LogP contribution in [0, 0.1) is 0 Å². The molecular weight excluding hydrogens is 413 g/mol. The summed E-state index contributed by atoms with van der Waals surface area (Å²) in [7, 11) is 1.56. The SMILES string of the molecule is COc1ccc(C=C2SC(=S)NC2=O)cc1OCc1ccc(Cl)cc1Cl. The average Bonchev–Trinajstić information content (AvgIpc) is 2.91. The first-order valence-corrected chi connectivity index (χ1v) is 9.44. The Hall–Kier alpha value is -1.73. The minimum Gasteiger partial charge on any atom is -0.493 e. The molecule has 1 saturated heterocycles. The van der Waals surface area contributed by atoms with Crippen LogP contribution in [-0.2, 0) is 11.4 Å². The number of benzene rings is 2. The molecule has 0 spiro atoms. The van der Waals surface area contributed by atoms with Gasteiger partial charge in [-0.15, -0.1) is 0 Å². The van der Waals surface area contributed by atoms with Crippen molar-refractivity contribution in [1.82, 2.24) is 5.32 Å². The third-order valence-corrected chi connectivity index (χ3v) is 5.28. The van der Waals surface area contributed by atoms with Gasteiger partial charge < -0.3 is 14.8 Å². The largest absolute Gasteiger partial charge is 0.493 e. The Kier molecular flexibility index (Phi) is 6.09. The monoisotopic (exact) mass is 425 g/mol. The maximum Gasteiger partial charge on any atom is 0.263 e. The van der Waals surface area contributed by atoms with E-state index in [1.165, 1.54) is 11.8 Å². The predicted octanol–water partition coefficient (Wildman–Crippen LogP) is 5.07. The van der Waals surface area contributed by atoms with Crippen molar-refractivity contribution < 1.29 is 14.3 Å². The summed E-state index contributed by atoms with van der Waals surface area (Å²) in [5.74, 6) is 0.918. The third kappa shape index (κ3) is 4.51. The molecule has 0 radical (unpaired) electrons. The predicted molar refractivity (Wildman–Crippen MR) is 110 cm³/mol. The van der Waals surface area contributed by atoms with Crippen molar-refractivity contribution >= 4 is 63.5 Å². The molecule has 1 N–H and O–H groups in total. The van der Waals surface area contributed by atoms with E-state index in [9.17, 15) is 4.79 Å². The molecule has 26 heavy (non-hydrogen) atoms. The smallest absolute Gasteiger partial charge is 0.263 e. The van der Waals surface area contributed by atoms with Gasteiger partial charge in [-0.1, -0.05) is 59.3 Å². The van der Waals surface area contributed by atoms with Crippen LogP contribution in [0.1, 0.15) is 11.1 Å². The van der Waals surface area contributed by atoms with Crippen molar-refractivity contribution in [3.05, 3.63) is 62.5 Å². The van der Waals surface area contributed by atoms with Crippen LogP contribution in [-0.4, -0.2) is 17.3 Å². The molecule has 4 nitrogen and oxygen atoms in total. The quantitative estimate of drug-likeness (QED) is 0.535. The van der Waals surface area contributed by atoms with E-state index in [0.717, 1.165) is 11.1 Å². The van der Waals surface area contributed by atoms with Crippen molar-refractivity contribution in [3.63, 3.8) is 0 Å². The zero-order chi connectivity index (χ0) is 18.7. The summed E-state index contributed by atoms with van der Waals surface area (Å²) in [4.78, 5) is 12.3. The number of hydrogen-bond acceptors (Lipinski definition) is 5. The van der Waals surface area contributed by atoms with Gasteiger partial charge in [0.05, 0.1) is 12.0 Å². The number of amides is 1. The second-order valence-electron chi connectivity index (χ2n) is 5.29. The van der Waals surface area contributed by atoms with E-state index in [0.29, 0.717) is 30.8 Å². The van der Waals surface area contributed by atoms with Crippen LogP contribution in [0.15, 0.2) is 41.3 Å². The van der Waals surface area contributed by atoms with Crippen molar-refractivity contribution in [1.29, 1.82) is 0 Å². The molecule has 0 bridgehead atoms. The number of thiocarbonyl (C=S) groups is 1. The maximum absolute atomic E-state index is 11.8. The summed E-state index contributed by atoms with van der Waals surface area (Å²) >= 11 is 18.3. The van der Waals surface area contributed by atoms with Crippen LogP contribution < -0.4 is 14.8 Å². The number of methoxy groups -OCH3 is 1. The number of carbonyl (C=O) groups is 1. The first kappa shape index (κ1) is 19.0. The van der Waals surface area contributed by atoms with Crippen LogP contribution in [0.3, 0.4) is 0 Å². The summed E-state index contributed by atoms with van der Waals surface area (Å²) in [5.41, 5.74) is 1.60. The van der Waals surface area contributed by atoms with Crippen LogP contribution in [0.25, 0.3) is 6.08 Å². The van der Waals surface area contributed by atoms with Crippen molar-refractivity contribution in [2.24, 2.45) is 0 Å². The molecule has 3 rings (SSSR count). The van der Waals surface area contributed by atoms with Gasteiger partial charge in [0.1, 0.15) is 10.9 Å². The zero-order valence-corrected chi connectivity index (χ0v) is 16.7. The second kappa shape index (κ2) is 8.31. The summed E-state index contributed by atoms with van der Waals surface area (Å²) in [6.45, 7) is 0.256. The topological polar surface area (TPSA) is 47.6 Å². The first-order valence-electron chi connectivity index (χ1n) is 7.46. The fourth-order valence-electron chi connectivity index (χ4n) is 2.26. The lowest BCUT2D eigenvalue weighted by molar-refractivity contribution is -0.115. The fourth-order valence-corrected chi connectivity index (χ4v) is 3.77. The molecule has 2 aromatic rings. The number of rotatable bonds is 5. The van der Waals surface area contributed by atoms with Gasteiger partial charge in [0.15, 0.2) is 11.5 Å². The number of ether oxygens (including phenoxy) is 2. The molecule has 0 unspecified atom stereocenters. The minimum absolute atomic E-state index is 0.203. The van der Waals surface area contributed by atoms with E-state index in [1.807, 2.05) is 12.1 Å². The minimum atomic E-state index is -0.203. The van der Waals surface area contributed by atoms with Crippen LogP contribution in [0.4, 0.5) is 0 Å². The van der Waals surface area contributed by atoms with Gasteiger partial charge in [-0.25, -0.2) is 0 Å². The fraction of sp³-hybridized carbons (Fsp3) is 0.111. The van der Waals surface area contributed by atoms with E-state index in [-0.39, 0.29) is 12.5 Å². The highest BCUT2D eigenvalue weighted by atomic mass is 35.5. The van der Waals surface area contributed by atoms with Crippen LogP contribution in [0.2, 0.25) is 10.0 Å². The van der Waals surface area contributed by atoms with E-state index >= 15 is 0 Å². The van der Waals surface area contributed by atoms with Gasteiger partial charge in [-0.3, -0.25) is 4.79 Å². The average molecular weight is 426 g/mol. The standard InChI is InChI=1S/C18H13Cl2NO3S2/c1-23-14-5-2-10(7-16-17(22)21-18(25)26-16)6-15(14)24-9-11-3-4-12(19)8-13(11)20/h2-8H,9H2,1H3,(H,21,22,25). The van der Waals surface area contributed by atoms with Crippen molar-refractivity contribution in [2.75, 3.05) is 7.11 Å². The molecule has 1 aliphatic heterocycles. The van der Waals surface area contributed by atoms with Gasteiger partial charge in [-0.05, 0) is 35.9 Å². The lowest BCUT2D eigenvalue weighted by atomic mass is 10.2. The van der Waals surface area contributed by atoms with Crippen LogP contribution in [0.5, 0.6) is 11.5 Å². The Labute approximate surface area is 170 Å². The Morgan fingerprint density at radius 1 is 1.19 bits per heavy atom. The van der Waals surface area contributed by atoms with E-state index in [2.05, 4.69) is 5.32 Å². The van der Waals surface area contributed by atoms with E-state index in [4.69, 9.17) is 44.9 Å². The van der Waals surface area contributed by atoms with Gasteiger partial charge in [0.25, 0.3) is 5.91 Å². The van der Waals surface area contributed by atoms with Crippen LogP contribution >= 0.6 is 47.2 Å². The number of thioether (sulfide) groups is 1. The van der Waals surface area contributed by atoms with E-state index < -0.39 is 0 Å². The number of nitrogens with one attached hydrogen (secondary N) is 1. The number of carbonyl (C=O) groups excluding carboxylic acids is 1. The molecule has 2 aromatic carbocycles. The molecule has 0 saturated carbocycles. The number of halogens is 2. The lowest BCUT2D eigenvalue weighted by Crippen LogP contribution is -2.17. The highest BCUT2D eigenvalue weighted by molar-refractivity contribution is 8.26. The molecule has 0 aliphatic carbocycles. The maximum atomic E-state index is 11.8. The summed E-state index contributed by atoms with van der Waals surface area (Å²) < 4.78 is 11.7. The number of hydrogen-bond donors (Lipinski definition) is 1. The summed E-state index contributed by atoms with van der Waals surface area (Å²) in [6, 6.07) is 10.6. The molecule has 1 amide bonds. The molecular formula is C18H13Cl2NO3S2. The molecule has 8 heteroatoms. The van der Waals surface area contributed by atoms with Gasteiger partial charge >= 0.3 is 0 Å². The van der Waals surface area contributed by atoms with Crippen molar-refractivity contribution in [3.8, 4) is 11.5 Å². The normalized spacial score (nSPS) is 15.3. The molecule has 134 valence electrons. The lowest BCUT2D eigenvalue weighted by Gasteiger charge is -2.12. The second-order valence-corrected chi connectivity index (χ2v) is 7.85. The molecule has 1 heterocycles. The van der Waals surface area contributed by atoms with E-state index in [1.54, 1.807) is 37.5 Å². The molecule has 1 fully saturated rings. The van der Waals surface area contributed by atoms with Gasteiger partial charge in [0, 0.05) is 15.6 Å². The third-order valence-electron chi connectivity index (χ3n) is 3.53. The first-order chi connectivity index (χ1) is 12.5. The summed E-state index contributed by atoms with van der Waals surface area (Å²) in [6.07, 6.45) is 1.75. The highest BCUT2D eigenvalue weighted by Gasteiger charge is 2.22. The van der Waals surface area contributed by atoms with Gasteiger partial charge in [0.2, 0.25) is 0 Å². The van der Waals surface area contributed by atoms with Crippen molar-refractivity contribution in [2.45, 2.75) is 6.61 Å². The molecule has 0 aromatic heterocycles.